The molecule has 4 heteroatoms. The number of likely N-dealkylation sites (tertiary alicyclic amines) is 2. The molecule has 2 aliphatic heterocycles. The van der Waals surface area contributed by atoms with Crippen LogP contribution in [0.15, 0.2) is 30.3 Å². The third-order valence-electron chi connectivity index (χ3n) is 4.75. The molecule has 0 aliphatic carbocycles. The second kappa shape index (κ2) is 7.63. The van der Waals surface area contributed by atoms with E-state index < -0.39 is 0 Å². The maximum absolute atomic E-state index is 12.3. The molecule has 1 N–H and O–H groups in total. The summed E-state index contributed by atoms with van der Waals surface area (Å²) >= 11 is 0. The van der Waals surface area contributed by atoms with Crippen molar-refractivity contribution in [2.75, 3.05) is 32.7 Å². The molecule has 1 atom stereocenters. The van der Waals surface area contributed by atoms with Gasteiger partial charge in [0.25, 0.3) is 0 Å². The zero-order chi connectivity index (χ0) is 15.2. The van der Waals surface area contributed by atoms with Crippen LogP contribution >= 0.6 is 0 Å². The first-order valence-electron chi connectivity index (χ1n) is 8.64. The van der Waals surface area contributed by atoms with Crippen LogP contribution in [0.4, 0.5) is 4.79 Å². The average molecular weight is 301 g/mol. The molecule has 2 amide bonds. The summed E-state index contributed by atoms with van der Waals surface area (Å²) in [5, 5.41) is 3.61. The van der Waals surface area contributed by atoms with Gasteiger partial charge in [-0.1, -0.05) is 30.3 Å². The van der Waals surface area contributed by atoms with E-state index in [1.807, 2.05) is 9.80 Å². The highest BCUT2D eigenvalue weighted by molar-refractivity contribution is 5.75. The van der Waals surface area contributed by atoms with Crippen LogP contribution in [0.5, 0.6) is 0 Å². The van der Waals surface area contributed by atoms with E-state index in [1.54, 1.807) is 0 Å². The van der Waals surface area contributed by atoms with Crippen LogP contribution in [-0.2, 0) is 6.42 Å². The van der Waals surface area contributed by atoms with E-state index in [-0.39, 0.29) is 6.03 Å². The Bertz CT molecular complexity index is 470. The Hall–Kier alpha value is -1.55. The van der Waals surface area contributed by atoms with Crippen molar-refractivity contribution in [3.05, 3.63) is 35.9 Å². The topological polar surface area (TPSA) is 35.6 Å². The first-order valence-corrected chi connectivity index (χ1v) is 8.64. The van der Waals surface area contributed by atoms with Gasteiger partial charge in [0.15, 0.2) is 0 Å². The second-order valence-corrected chi connectivity index (χ2v) is 6.45. The number of amides is 2. The van der Waals surface area contributed by atoms with E-state index in [2.05, 4.69) is 35.6 Å². The van der Waals surface area contributed by atoms with Crippen LogP contribution in [0.1, 0.15) is 31.2 Å². The minimum absolute atomic E-state index is 0.256. The van der Waals surface area contributed by atoms with E-state index in [0.717, 1.165) is 52.0 Å². The summed E-state index contributed by atoms with van der Waals surface area (Å²) in [5.41, 5.74) is 1.40. The molecule has 2 saturated heterocycles. The predicted molar refractivity (Wildman–Crippen MR) is 88.9 cm³/mol. The van der Waals surface area contributed by atoms with E-state index in [9.17, 15) is 4.79 Å². The number of carbonyl (C=O) groups excluding carboxylic acids is 1. The van der Waals surface area contributed by atoms with Gasteiger partial charge in [0, 0.05) is 32.2 Å². The molecule has 22 heavy (non-hydrogen) atoms. The summed E-state index contributed by atoms with van der Waals surface area (Å²) in [7, 11) is 0. The number of hydrogen-bond donors (Lipinski definition) is 1. The Morgan fingerprint density at radius 1 is 1.09 bits per heavy atom. The van der Waals surface area contributed by atoms with Gasteiger partial charge >= 0.3 is 6.03 Å². The fraction of sp³-hybridized carbons (Fsp3) is 0.611. The van der Waals surface area contributed by atoms with Crippen molar-refractivity contribution in [2.45, 2.75) is 38.1 Å². The quantitative estimate of drug-likeness (QED) is 0.848. The SMILES string of the molecule is O=C(N1CCCC1)N1CCC(NCCCc2ccccc2)C1. The first-order chi connectivity index (χ1) is 10.8. The molecular formula is C18H27N3O. The Balaban J connectivity index is 1.33. The largest absolute Gasteiger partial charge is 0.325 e. The van der Waals surface area contributed by atoms with Crippen molar-refractivity contribution in [1.82, 2.24) is 15.1 Å². The highest BCUT2D eigenvalue weighted by Gasteiger charge is 2.29. The molecular weight excluding hydrogens is 274 g/mol. The number of rotatable bonds is 5. The molecule has 0 bridgehead atoms. The van der Waals surface area contributed by atoms with Gasteiger partial charge in [0.05, 0.1) is 0 Å². The Morgan fingerprint density at radius 2 is 1.86 bits per heavy atom. The molecule has 2 aliphatic rings. The van der Waals surface area contributed by atoms with Crippen molar-refractivity contribution >= 4 is 6.03 Å². The lowest BCUT2D eigenvalue weighted by atomic mass is 10.1. The molecule has 1 unspecified atom stereocenters. The third kappa shape index (κ3) is 4.01. The van der Waals surface area contributed by atoms with Gasteiger partial charge in [-0.25, -0.2) is 4.79 Å². The molecule has 1 aromatic rings. The van der Waals surface area contributed by atoms with E-state index in [1.165, 1.54) is 18.4 Å². The van der Waals surface area contributed by atoms with E-state index >= 15 is 0 Å². The highest BCUT2D eigenvalue weighted by atomic mass is 16.2. The summed E-state index contributed by atoms with van der Waals surface area (Å²) in [6.07, 6.45) is 5.70. The zero-order valence-electron chi connectivity index (χ0n) is 13.3. The van der Waals surface area contributed by atoms with Crippen molar-refractivity contribution in [2.24, 2.45) is 0 Å². The van der Waals surface area contributed by atoms with Gasteiger partial charge in [-0.3, -0.25) is 0 Å². The second-order valence-electron chi connectivity index (χ2n) is 6.45. The fourth-order valence-corrected chi connectivity index (χ4v) is 3.45. The third-order valence-corrected chi connectivity index (χ3v) is 4.75. The molecule has 0 saturated carbocycles. The first kappa shape index (κ1) is 15.3. The molecule has 1 aromatic carbocycles. The Labute approximate surface area is 133 Å². The van der Waals surface area contributed by atoms with Gasteiger partial charge in [-0.05, 0) is 44.2 Å². The number of nitrogens with one attached hydrogen (secondary N) is 1. The predicted octanol–water partition coefficient (Wildman–Crippen LogP) is 2.50. The maximum atomic E-state index is 12.3. The summed E-state index contributed by atoms with van der Waals surface area (Å²) in [4.78, 5) is 16.4. The lowest BCUT2D eigenvalue weighted by Crippen LogP contribution is -2.42. The summed E-state index contributed by atoms with van der Waals surface area (Å²) in [5.74, 6) is 0. The van der Waals surface area contributed by atoms with Crippen LogP contribution in [-0.4, -0.2) is 54.6 Å². The number of aryl methyl sites for hydroxylation is 1. The van der Waals surface area contributed by atoms with Crippen molar-refractivity contribution in [3.8, 4) is 0 Å². The minimum atomic E-state index is 0.256. The zero-order valence-corrected chi connectivity index (χ0v) is 13.3. The molecule has 3 rings (SSSR count). The number of carbonyl (C=O) groups is 1. The highest BCUT2D eigenvalue weighted by Crippen LogP contribution is 2.16. The van der Waals surface area contributed by atoms with Crippen LogP contribution in [0.2, 0.25) is 0 Å². The van der Waals surface area contributed by atoms with Crippen molar-refractivity contribution in [3.63, 3.8) is 0 Å². The van der Waals surface area contributed by atoms with Gasteiger partial charge in [-0.2, -0.15) is 0 Å². The smallest absolute Gasteiger partial charge is 0.320 e. The van der Waals surface area contributed by atoms with Gasteiger partial charge in [0.1, 0.15) is 0 Å². The van der Waals surface area contributed by atoms with Crippen LogP contribution < -0.4 is 5.32 Å². The fourth-order valence-electron chi connectivity index (χ4n) is 3.45. The van der Waals surface area contributed by atoms with E-state index in [4.69, 9.17) is 0 Å². The molecule has 2 fully saturated rings. The molecule has 4 nitrogen and oxygen atoms in total. The minimum Gasteiger partial charge on any atom is -0.325 e. The number of urea groups is 1. The summed E-state index contributed by atoms with van der Waals surface area (Å²) in [6, 6.07) is 11.4. The summed E-state index contributed by atoms with van der Waals surface area (Å²) in [6.45, 7) is 4.71. The molecule has 0 radical (unpaired) electrons. The Kier molecular flexibility index (Phi) is 5.33. The van der Waals surface area contributed by atoms with Crippen LogP contribution in [0, 0.1) is 0 Å². The maximum Gasteiger partial charge on any atom is 0.320 e. The van der Waals surface area contributed by atoms with Gasteiger partial charge < -0.3 is 15.1 Å². The molecule has 120 valence electrons. The number of benzene rings is 1. The van der Waals surface area contributed by atoms with Crippen molar-refractivity contribution in [1.29, 1.82) is 0 Å². The molecule has 0 aromatic heterocycles. The lowest BCUT2D eigenvalue weighted by molar-refractivity contribution is 0.172. The van der Waals surface area contributed by atoms with Gasteiger partial charge in [0.2, 0.25) is 0 Å². The van der Waals surface area contributed by atoms with Gasteiger partial charge in [-0.15, -0.1) is 0 Å². The monoisotopic (exact) mass is 301 g/mol. The van der Waals surface area contributed by atoms with Crippen LogP contribution in [0.3, 0.4) is 0 Å². The van der Waals surface area contributed by atoms with Crippen LogP contribution in [0.25, 0.3) is 0 Å². The standard InChI is InChI=1S/C18H27N3O/c22-18(20-12-4-5-13-20)21-14-10-17(15-21)19-11-6-9-16-7-2-1-3-8-16/h1-3,7-8,17,19H,4-6,9-15H2. The number of nitrogens with zero attached hydrogens (tertiary/aromatic N) is 2. The molecule has 2 heterocycles. The summed E-state index contributed by atoms with van der Waals surface area (Å²) < 4.78 is 0. The number of hydrogen-bond acceptors (Lipinski definition) is 2. The normalized spacial score (nSPS) is 21.5. The average Bonchev–Trinajstić information content (AvgIpc) is 3.24. The lowest BCUT2D eigenvalue weighted by Gasteiger charge is -2.24. The molecule has 0 spiro atoms. The van der Waals surface area contributed by atoms with Crippen molar-refractivity contribution < 1.29 is 4.79 Å². The Morgan fingerprint density at radius 3 is 2.64 bits per heavy atom. The van der Waals surface area contributed by atoms with E-state index in [0.29, 0.717) is 6.04 Å².